The number of aromatic nitrogens is 2. The third kappa shape index (κ3) is 2.60. The Bertz CT molecular complexity index is 468. The Labute approximate surface area is 99.2 Å². The van der Waals surface area contributed by atoms with Gasteiger partial charge in [0.25, 0.3) is 5.91 Å². The van der Waals surface area contributed by atoms with Crippen molar-refractivity contribution in [1.82, 2.24) is 15.6 Å². The summed E-state index contributed by atoms with van der Waals surface area (Å²) in [5.74, 6) is 5.70. The summed E-state index contributed by atoms with van der Waals surface area (Å²) in [6.45, 7) is 0. The van der Waals surface area contributed by atoms with E-state index in [1.54, 1.807) is 23.6 Å². The summed E-state index contributed by atoms with van der Waals surface area (Å²) in [7, 11) is 0. The van der Waals surface area contributed by atoms with Crippen molar-refractivity contribution in [1.29, 1.82) is 0 Å². The van der Waals surface area contributed by atoms with Crippen molar-refractivity contribution in [3.63, 3.8) is 0 Å². The third-order valence-corrected chi connectivity index (χ3v) is 3.66. The minimum atomic E-state index is -0.464. The Morgan fingerprint density at radius 1 is 1.69 bits per heavy atom. The number of thiazole rings is 1. The van der Waals surface area contributed by atoms with Gasteiger partial charge in [-0.2, -0.15) is 0 Å². The fourth-order valence-corrected chi connectivity index (χ4v) is 2.49. The lowest BCUT2D eigenvalue weighted by Crippen LogP contribution is -2.30. The van der Waals surface area contributed by atoms with Crippen LogP contribution < -0.4 is 11.3 Å². The molecule has 2 aromatic heterocycles. The first-order valence-corrected chi connectivity index (χ1v) is 6.15. The maximum absolute atomic E-state index is 11.1. The molecule has 84 valence electrons. The van der Waals surface area contributed by atoms with Gasteiger partial charge in [-0.15, -0.1) is 11.3 Å². The number of hydrazine groups is 1. The van der Waals surface area contributed by atoms with Crippen LogP contribution in [0.25, 0.3) is 0 Å². The first-order valence-electron chi connectivity index (χ1n) is 4.28. The van der Waals surface area contributed by atoms with E-state index < -0.39 is 5.91 Å². The molecule has 2 heterocycles. The maximum atomic E-state index is 11.1. The molecule has 2 rings (SSSR count). The molecule has 16 heavy (non-hydrogen) atoms. The van der Waals surface area contributed by atoms with Crippen LogP contribution >= 0.6 is 23.1 Å². The zero-order valence-electron chi connectivity index (χ0n) is 8.04. The second-order valence-corrected chi connectivity index (χ2v) is 4.86. The van der Waals surface area contributed by atoms with Gasteiger partial charge in [-0.1, -0.05) is 16.9 Å². The van der Waals surface area contributed by atoms with Crippen LogP contribution in [0.3, 0.4) is 0 Å². The molecular formula is C8H8N4O2S2. The monoisotopic (exact) mass is 256 g/mol. The van der Waals surface area contributed by atoms with Crippen molar-refractivity contribution in [2.24, 2.45) is 5.84 Å². The Kier molecular flexibility index (Phi) is 3.54. The number of rotatable bonds is 4. The van der Waals surface area contributed by atoms with E-state index in [0.717, 1.165) is 4.34 Å². The molecule has 0 aliphatic carbocycles. The number of carbonyl (C=O) groups is 1. The van der Waals surface area contributed by atoms with Crippen LogP contribution in [0.15, 0.2) is 26.5 Å². The fourth-order valence-electron chi connectivity index (χ4n) is 0.976. The van der Waals surface area contributed by atoms with Crippen molar-refractivity contribution in [2.45, 2.75) is 10.1 Å². The summed E-state index contributed by atoms with van der Waals surface area (Å²) in [6.07, 6.45) is 1.74. The van der Waals surface area contributed by atoms with Crippen LogP contribution in [-0.2, 0) is 5.75 Å². The summed E-state index contributed by atoms with van der Waals surface area (Å²) in [5.41, 5.74) is 2.16. The Hall–Kier alpha value is -1.38. The second kappa shape index (κ2) is 5.10. The Morgan fingerprint density at radius 2 is 2.56 bits per heavy atom. The molecule has 0 unspecified atom stereocenters. The van der Waals surface area contributed by atoms with Crippen molar-refractivity contribution in [2.75, 3.05) is 0 Å². The molecule has 2 aromatic rings. The van der Waals surface area contributed by atoms with Gasteiger partial charge >= 0.3 is 0 Å². The molecule has 0 saturated carbocycles. The van der Waals surface area contributed by atoms with Gasteiger partial charge < -0.3 is 4.52 Å². The number of hydrogen-bond acceptors (Lipinski definition) is 7. The lowest BCUT2D eigenvalue weighted by Gasteiger charge is -1.91. The van der Waals surface area contributed by atoms with Crippen molar-refractivity contribution in [3.05, 3.63) is 29.1 Å². The molecule has 1 amide bonds. The first kappa shape index (κ1) is 11.1. The van der Waals surface area contributed by atoms with Crippen LogP contribution in [0.1, 0.15) is 16.2 Å². The standard InChI is InChI=1S/C8H8N4O2S2/c9-11-7(13)6-3-5(14-12-6)4-16-8-10-1-2-15-8/h1-3H,4,9H2,(H,11,13). The van der Waals surface area contributed by atoms with Crippen molar-refractivity contribution in [3.8, 4) is 0 Å². The van der Waals surface area contributed by atoms with Gasteiger partial charge in [0.2, 0.25) is 0 Å². The fraction of sp³-hybridized carbons (Fsp3) is 0.125. The highest BCUT2D eigenvalue weighted by Gasteiger charge is 2.11. The molecule has 0 aliphatic rings. The van der Waals surface area contributed by atoms with Gasteiger partial charge in [-0.25, -0.2) is 10.8 Å². The number of nitrogens with zero attached hydrogens (tertiary/aromatic N) is 2. The number of nitrogens with one attached hydrogen (secondary N) is 1. The summed E-state index contributed by atoms with van der Waals surface area (Å²) < 4.78 is 5.92. The maximum Gasteiger partial charge on any atom is 0.287 e. The quantitative estimate of drug-likeness (QED) is 0.367. The van der Waals surface area contributed by atoms with Gasteiger partial charge in [0.05, 0.1) is 5.75 Å². The summed E-state index contributed by atoms with van der Waals surface area (Å²) in [5, 5.41) is 5.49. The molecule has 0 spiro atoms. The van der Waals surface area contributed by atoms with E-state index >= 15 is 0 Å². The highest BCUT2D eigenvalue weighted by Crippen LogP contribution is 2.24. The van der Waals surface area contributed by atoms with Gasteiger partial charge in [0, 0.05) is 17.6 Å². The van der Waals surface area contributed by atoms with E-state index in [2.05, 4.69) is 10.1 Å². The summed E-state index contributed by atoms with van der Waals surface area (Å²) in [4.78, 5) is 15.2. The largest absolute Gasteiger partial charge is 0.360 e. The van der Waals surface area contributed by atoms with E-state index in [0.29, 0.717) is 11.5 Å². The van der Waals surface area contributed by atoms with E-state index in [1.807, 2.05) is 10.8 Å². The van der Waals surface area contributed by atoms with Crippen LogP contribution in [0.4, 0.5) is 0 Å². The first-order chi connectivity index (χ1) is 7.79. The SMILES string of the molecule is NNC(=O)c1cc(CSc2nccs2)on1. The molecule has 0 aromatic carbocycles. The number of amides is 1. The summed E-state index contributed by atoms with van der Waals surface area (Å²) in [6, 6.07) is 1.56. The molecule has 0 atom stereocenters. The zero-order valence-corrected chi connectivity index (χ0v) is 9.68. The average molecular weight is 256 g/mol. The lowest BCUT2D eigenvalue weighted by molar-refractivity contribution is 0.0944. The predicted octanol–water partition coefficient (Wildman–Crippen LogP) is 1.03. The second-order valence-electron chi connectivity index (χ2n) is 2.74. The molecule has 3 N–H and O–H groups in total. The Balaban J connectivity index is 1.95. The third-order valence-electron chi connectivity index (χ3n) is 1.67. The lowest BCUT2D eigenvalue weighted by atomic mass is 10.4. The van der Waals surface area contributed by atoms with Gasteiger partial charge in [0.1, 0.15) is 10.1 Å². The molecule has 0 bridgehead atoms. The molecule has 0 aliphatic heterocycles. The minimum absolute atomic E-state index is 0.178. The van der Waals surface area contributed by atoms with Crippen LogP contribution in [0.2, 0.25) is 0 Å². The molecule has 6 nitrogen and oxygen atoms in total. The summed E-state index contributed by atoms with van der Waals surface area (Å²) >= 11 is 3.07. The van der Waals surface area contributed by atoms with Crippen LogP contribution in [0.5, 0.6) is 0 Å². The highest BCUT2D eigenvalue weighted by molar-refractivity contribution is 8.00. The van der Waals surface area contributed by atoms with E-state index in [1.165, 1.54) is 11.8 Å². The van der Waals surface area contributed by atoms with Gasteiger partial charge in [0.15, 0.2) is 5.69 Å². The van der Waals surface area contributed by atoms with Crippen LogP contribution in [0, 0.1) is 0 Å². The highest BCUT2D eigenvalue weighted by atomic mass is 32.2. The number of thioether (sulfide) groups is 1. The van der Waals surface area contributed by atoms with Crippen LogP contribution in [-0.4, -0.2) is 16.0 Å². The van der Waals surface area contributed by atoms with E-state index in [-0.39, 0.29) is 5.69 Å². The van der Waals surface area contributed by atoms with E-state index in [4.69, 9.17) is 10.4 Å². The number of carbonyl (C=O) groups excluding carboxylic acids is 1. The molecule has 0 fully saturated rings. The minimum Gasteiger partial charge on any atom is -0.360 e. The topological polar surface area (TPSA) is 94.0 Å². The van der Waals surface area contributed by atoms with Gasteiger partial charge in [-0.05, 0) is 0 Å². The van der Waals surface area contributed by atoms with E-state index in [9.17, 15) is 4.79 Å². The average Bonchev–Trinajstić information content (AvgIpc) is 2.96. The van der Waals surface area contributed by atoms with Gasteiger partial charge in [-0.3, -0.25) is 10.2 Å². The zero-order chi connectivity index (χ0) is 11.4. The molecular weight excluding hydrogens is 248 g/mol. The number of hydrogen-bond donors (Lipinski definition) is 2. The van der Waals surface area contributed by atoms with Crippen molar-refractivity contribution < 1.29 is 9.32 Å². The Morgan fingerprint density at radius 3 is 3.25 bits per heavy atom. The predicted molar refractivity (Wildman–Crippen MR) is 59.8 cm³/mol. The number of nitrogen functional groups attached to an aromatic ring is 1. The smallest absolute Gasteiger partial charge is 0.287 e. The van der Waals surface area contributed by atoms with Crippen molar-refractivity contribution >= 4 is 29.0 Å². The molecule has 0 radical (unpaired) electrons. The molecule has 8 heteroatoms. The molecule has 0 saturated heterocycles. The normalized spacial score (nSPS) is 10.3. The number of nitrogens with two attached hydrogens (primary N) is 1.